The maximum Gasteiger partial charge on any atom is 0.230 e. The zero-order chi connectivity index (χ0) is 20.1. The second kappa shape index (κ2) is 10.1. The first-order chi connectivity index (χ1) is 14.2. The molecule has 1 unspecified atom stereocenters. The van der Waals surface area contributed by atoms with E-state index in [-0.39, 0.29) is 5.91 Å². The Labute approximate surface area is 184 Å². The molecular formula is C22H27N3OS3. The number of amides is 1. The third kappa shape index (κ3) is 5.60. The lowest BCUT2D eigenvalue weighted by Gasteiger charge is -2.36. The topological polar surface area (TPSA) is 45.2 Å². The second-order valence-electron chi connectivity index (χ2n) is 7.62. The number of hydrogen-bond acceptors (Lipinski definition) is 6. The third-order valence-electron chi connectivity index (χ3n) is 5.42. The Kier molecular flexibility index (Phi) is 7.24. The molecule has 7 heteroatoms. The molecule has 1 aromatic carbocycles. The molecule has 154 valence electrons. The summed E-state index contributed by atoms with van der Waals surface area (Å²) in [6, 6.07) is 12.8. The van der Waals surface area contributed by atoms with E-state index in [1.807, 2.05) is 18.2 Å². The Bertz CT molecular complexity index is 883. The van der Waals surface area contributed by atoms with Crippen LogP contribution in [-0.4, -0.2) is 41.2 Å². The average molecular weight is 446 g/mol. The van der Waals surface area contributed by atoms with Crippen LogP contribution in [0.25, 0.3) is 10.2 Å². The normalized spacial score (nSPS) is 16.9. The first kappa shape index (κ1) is 20.8. The summed E-state index contributed by atoms with van der Waals surface area (Å²) in [5.74, 6) is 2.18. The van der Waals surface area contributed by atoms with Crippen LogP contribution in [0.2, 0.25) is 0 Å². The van der Waals surface area contributed by atoms with Gasteiger partial charge in [0.15, 0.2) is 0 Å². The molecule has 1 fully saturated rings. The number of thioether (sulfide) groups is 1. The molecule has 4 rings (SSSR count). The van der Waals surface area contributed by atoms with Gasteiger partial charge in [-0.25, -0.2) is 4.98 Å². The van der Waals surface area contributed by atoms with E-state index >= 15 is 0 Å². The summed E-state index contributed by atoms with van der Waals surface area (Å²) in [5.41, 5.74) is 1.05. The standard InChI is InChI=1S/C22H27N3OS3/c1-16-8-10-25(11-9-16)18(20-7-4-12-28-20)13-23-21(26)14-27-15-22-24-17-5-2-3-6-19(17)29-22/h2-7,12,16,18H,8-11,13-15H2,1H3,(H,23,26). The SMILES string of the molecule is CC1CCN(C(CNC(=O)CSCc2nc3ccccc3s2)c2cccs2)CC1. The molecule has 0 spiro atoms. The highest BCUT2D eigenvalue weighted by Crippen LogP contribution is 2.29. The van der Waals surface area contributed by atoms with E-state index in [2.05, 4.69) is 45.7 Å². The van der Waals surface area contributed by atoms with Gasteiger partial charge in [0.25, 0.3) is 0 Å². The molecule has 29 heavy (non-hydrogen) atoms. The van der Waals surface area contributed by atoms with Crippen molar-refractivity contribution in [3.05, 3.63) is 51.7 Å². The summed E-state index contributed by atoms with van der Waals surface area (Å²) in [5, 5.41) is 6.40. The van der Waals surface area contributed by atoms with Gasteiger partial charge >= 0.3 is 0 Å². The molecule has 3 heterocycles. The van der Waals surface area contributed by atoms with Crippen LogP contribution >= 0.6 is 34.4 Å². The number of fused-ring (bicyclic) bond motifs is 1. The van der Waals surface area contributed by atoms with E-state index in [0.717, 1.165) is 35.3 Å². The van der Waals surface area contributed by atoms with Crippen LogP contribution < -0.4 is 5.32 Å². The van der Waals surface area contributed by atoms with E-state index in [1.165, 1.54) is 22.4 Å². The summed E-state index contributed by atoms with van der Waals surface area (Å²) in [4.78, 5) is 21.0. The number of thiazole rings is 1. The summed E-state index contributed by atoms with van der Waals surface area (Å²) < 4.78 is 1.21. The van der Waals surface area contributed by atoms with Crippen LogP contribution in [0.1, 0.15) is 35.7 Å². The molecular weight excluding hydrogens is 418 g/mol. The third-order valence-corrected chi connectivity index (χ3v) is 8.56. The lowest BCUT2D eigenvalue weighted by atomic mass is 9.97. The predicted octanol–water partition coefficient (Wildman–Crippen LogP) is 5.18. The highest BCUT2D eigenvalue weighted by atomic mass is 32.2. The van der Waals surface area contributed by atoms with Gasteiger partial charge < -0.3 is 5.32 Å². The fourth-order valence-corrected chi connectivity index (χ4v) is 6.44. The van der Waals surface area contributed by atoms with Crippen molar-refractivity contribution in [2.45, 2.75) is 31.6 Å². The van der Waals surface area contributed by atoms with E-state index in [1.54, 1.807) is 34.4 Å². The molecule has 1 aliphatic rings. The molecule has 1 saturated heterocycles. The highest BCUT2D eigenvalue weighted by Gasteiger charge is 2.25. The van der Waals surface area contributed by atoms with E-state index in [0.29, 0.717) is 18.3 Å². The van der Waals surface area contributed by atoms with Crippen LogP contribution in [0.3, 0.4) is 0 Å². The number of rotatable bonds is 8. The molecule has 0 saturated carbocycles. The molecule has 0 radical (unpaired) electrons. The number of hydrogen-bond donors (Lipinski definition) is 1. The number of nitrogens with zero attached hydrogens (tertiary/aromatic N) is 2. The Morgan fingerprint density at radius 2 is 2.10 bits per heavy atom. The summed E-state index contributed by atoms with van der Waals surface area (Å²) >= 11 is 5.14. The van der Waals surface area contributed by atoms with Crippen molar-refractivity contribution in [3.8, 4) is 0 Å². The predicted molar refractivity (Wildman–Crippen MR) is 126 cm³/mol. The lowest BCUT2D eigenvalue weighted by molar-refractivity contribution is -0.118. The van der Waals surface area contributed by atoms with Crippen molar-refractivity contribution < 1.29 is 4.79 Å². The molecule has 0 aliphatic carbocycles. The van der Waals surface area contributed by atoms with Crippen LogP contribution in [0.15, 0.2) is 41.8 Å². The van der Waals surface area contributed by atoms with Gasteiger partial charge in [-0.2, -0.15) is 0 Å². The number of carbonyl (C=O) groups excluding carboxylic acids is 1. The van der Waals surface area contributed by atoms with Crippen molar-refractivity contribution in [2.24, 2.45) is 5.92 Å². The fraction of sp³-hybridized carbons (Fsp3) is 0.455. The van der Waals surface area contributed by atoms with Crippen molar-refractivity contribution in [1.82, 2.24) is 15.2 Å². The largest absolute Gasteiger partial charge is 0.353 e. The van der Waals surface area contributed by atoms with Gasteiger partial charge in [-0.1, -0.05) is 25.1 Å². The number of aromatic nitrogens is 1. The zero-order valence-electron chi connectivity index (χ0n) is 16.7. The van der Waals surface area contributed by atoms with Gasteiger partial charge in [0.05, 0.1) is 22.0 Å². The molecule has 1 atom stereocenters. The van der Waals surface area contributed by atoms with Crippen LogP contribution in [0, 0.1) is 5.92 Å². The first-order valence-electron chi connectivity index (χ1n) is 10.2. The number of thiophene rings is 1. The number of benzene rings is 1. The quantitative estimate of drug-likeness (QED) is 0.519. The number of carbonyl (C=O) groups is 1. The molecule has 1 amide bonds. The molecule has 2 aromatic heterocycles. The molecule has 0 bridgehead atoms. The number of piperidine rings is 1. The number of nitrogens with one attached hydrogen (secondary N) is 1. The summed E-state index contributed by atoms with van der Waals surface area (Å²) in [6.07, 6.45) is 2.49. The van der Waals surface area contributed by atoms with E-state index in [9.17, 15) is 4.79 Å². The second-order valence-corrected chi connectivity index (χ2v) is 10.7. The van der Waals surface area contributed by atoms with Gasteiger partial charge in [0.1, 0.15) is 5.01 Å². The van der Waals surface area contributed by atoms with Crippen molar-refractivity contribution in [2.75, 3.05) is 25.4 Å². The van der Waals surface area contributed by atoms with E-state index < -0.39 is 0 Å². The highest BCUT2D eigenvalue weighted by molar-refractivity contribution is 7.99. The van der Waals surface area contributed by atoms with Gasteiger partial charge in [0, 0.05) is 17.2 Å². The van der Waals surface area contributed by atoms with Gasteiger partial charge in [-0.15, -0.1) is 34.4 Å². The van der Waals surface area contributed by atoms with Crippen molar-refractivity contribution >= 4 is 50.6 Å². The fourth-order valence-electron chi connectivity index (χ4n) is 3.70. The molecule has 3 aromatic rings. The Balaban J connectivity index is 1.26. The first-order valence-corrected chi connectivity index (χ1v) is 13.0. The maximum absolute atomic E-state index is 12.5. The van der Waals surface area contributed by atoms with Gasteiger partial charge in [-0.3, -0.25) is 9.69 Å². The van der Waals surface area contributed by atoms with Crippen LogP contribution in [0.5, 0.6) is 0 Å². The average Bonchev–Trinajstić information content (AvgIpc) is 3.39. The minimum Gasteiger partial charge on any atom is -0.353 e. The monoisotopic (exact) mass is 445 g/mol. The van der Waals surface area contributed by atoms with Crippen LogP contribution in [-0.2, 0) is 10.5 Å². The lowest BCUT2D eigenvalue weighted by Crippen LogP contribution is -2.42. The Morgan fingerprint density at radius 1 is 1.28 bits per heavy atom. The summed E-state index contributed by atoms with van der Waals surface area (Å²) in [6.45, 7) is 5.26. The number of likely N-dealkylation sites (tertiary alicyclic amines) is 1. The van der Waals surface area contributed by atoms with Crippen molar-refractivity contribution in [3.63, 3.8) is 0 Å². The minimum absolute atomic E-state index is 0.114. The number of para-hydroxylation sites is 1. The molecule has 4 nitrogen and oxygen atoms in total. The van der Waals surface area contributed by atoms with Gasteiger partial charge in [0.2, 0.25) is 5.91 Å². The molecule has 1 N–H and O–H groups in total. The Morgan fingerprint density at radius 3 is 2.86 bits per heavy atom. The van der Waals surface area contributed by atoms with Crippen molar-refractivity contribution in [1.29, 1.82) is 0 Å². The van der Waals surface area contributed by atoms with Gasteiger partial charge in [-0.05, 0) is 55.4 Å². The Hall–Kier alpha value is -1.41. The molecule has 1 aliphatic heterocycles. The summed E-state index contributed by atoms with van der Waals surface area (Å²) in [7, 11) is 0. The minimum atomic E-state index is 0.114. The maximum atomic E-state index is 12.5. The smallest absolute Gasteiger partial charge is 0.230 e. The zero-order valence-corrected chi connectivity index (χ0v) is 19.1. The van der Waals surface area contributed by atoms with E-state index in [4.69, 9.17) is 0 Å². The van der Waals surface area contributed by atoms with Crippen LogP contribution in [0.4, 0.5) is 0 Å².